The van der Waals surface area contributed by atoms with E-state index in [1.54, 1.807) is 31.8 Å². The first-order valence-electron chi connectivity index (χ1n) is 11.7. The fraction of sp³-hybridized carbons (Fsp3) is 0.214. The maximum atomic E-state index is 13.2. The Morgan fingerprint density at radius 3 is 2.32 bits per heavy atom. The summed E-state index contributed by atoms with van der Waals surface area (Å²) in [4.78, 5) is 17.9. The third-order valence-corrected chi connectivity index (χ3v) is 8.90. The van der Waals surface area contributed by atoms with E-state index < -0.39 is 15.9 Å². The fourth-order valence-electron chi connectivity index (χ4n) is 3.95. The molecule has 0 aliphatic rings. The van der Waals surface area contributed by atoms with E-state index in [1.807, 2.05) is 36.4 Å². The summed E-state index contributed by atoms with van der Waals surface area (Å²) in [6.45, 7) is 2.56. The molecule has 1 heterocycles. The van der Waals surface area contributed by atoms with Gasteiger partial charge in [0.15, 0.2) is 16.3 Å². The second kappa shape index (κ2) is 11.6. The van der Waals surface area contributed by atoms with Crippen molar-refractivity contribution in [3.05, 3.63) is 82.7 Å². The number of thiazole rings is 1. The predicted octanol–water partition coefficient (Wildman–Crippen LogP) is 4.31. The van der Waals surface area contributed by atoms with Crippen molar-refractivity contribution in [2.45, 2.75) is 24.9 Å². The molecule has 4 aromatic rings. The summed E-state index contributed by atoms with van der Waals surface area (Å²) in [5.41, 5.74) is 1.91. The lowest BCUT2D eigenvalue weighted by Gasteiger charge is -2.20. The van der Waals surface area contributed by atoms with Crippen LogP contribution < -0.4 is 14.3 Å². The van der Waals surface area contributed by atoms with E-state index >= 15 is 0 Å². The van der Waals surface area contributed by atoms with E-state index in [0.29, 0.717) is 22.8 Å². The van der Waals surface area contributed by atoms with E-state index in [9.17, 15) is 13.2 Å². The highest BCUT2D eigenvalue weighted by molar-refractivity contribution is 7.89. The van der Waals surface area contributed by atoms with Gasteiger partial charge >= 0.3 is 0 Å². The number of carbonyl (C=O) groups is 1. The summed E-state index contributed by atoms with van der Waals surface area (Å²) < 4.78 is 41.2. The summed E-state index contributed by atoms with van der Waals surface area (Å²) in [7, 11) is -0.660. The zero-order valence-electron chi connectivity index (χ0n) is 21.2. The van der Waals surface area contributed by atoms with Crippen LogP contribution in [0.1, 0.15) is 22.8 Å². The molecule has 0 saturated heterocycles. The second-order valence-electron chi connectivity index (χ2n) is 8.21. The van der Waals surface area contributed by atoms with Gasteiger partial charge < -0.3 is 14.0 Å². The highest BCUT2D eigenvalue weighted by Gasteiger charge is 2.23. The van der Waals surface area contributed by atoms with Crippen molar-refractivity contribution in [1.29, 1.82) is 0 Å². The average Bonchev–Trinajstić information content (AvgIpc) is 3.26. The van der Waals surface area contributed by atoms with Crippen molar-refractivity contribution in [2.75, 3.05) is 20.8 Å². The minimum atomic E-state index is -3.75. The van der Waals surface area contributed by atoms with Crippen molar-refractivity contribution in [3.63, 3.8) is 0 Å². The van der Waals surface area contributed by atoms with Crippen LogP contribution in [0.2, 0.25) is 0 Å². The van der Waals surface area contributed by atoms with E-state index in [-0.39, 0.29) is 23.5 Å². The van der Waals surface area contributed by atoms with Crippen molar-refractivity contribution in [3.8, 4) is 23.8 Å². The number of aromatic nitrogens is 1. The molecule has 0 aliphatic carbocycles. The molecule has 3 aromatic carbocycles. The van der Waals surface area contributed by atoms with Gasteiger partial charge in [0.1, 0.15) is 0 Å². The minimum absolute atomic E-state index is 0.107. The molecule has 8 nitrogen and oxygen atoms in total. The Bertz CT molecular complexity index is 1670. The van der Waals surface area contributed by atoms with Crippen LogP contribution in [0.3, 0.4) is 0 Å². The monoisotopic (exact) mass is 549 g/mol. The zero-order valence-corrected chi connectivity index (χ0v) is 22.9. The quantitative estimate of drug-likeness (QED) is 0.290. The summed E-state index contributed by atoms with van der Waals surface area (Å²) in [6, 6.07) is 18.8. The molecule has 0 aliphatic heterocycles. The zero-order chi connectivity index (χ0) is 27.3. The van der Waals surface area contributed by atoms with Crippen LogP contribution in [-0.2, 0) is 23.1 Å². The first-order valence-corrected chi connectivity index (χ1v) is 14.0. The molecule has 10 heteroatoms. The van der Waals surface area contributed by atoms with Gasteiger partial charge in [-0.25, -0.2) is 8.42 Å². The molecule has 0 fully saturated rings. The summed E-state index contributed by atoms with van der Waals surface area (Å²) in [6.07, 6.45) is 5.58. The molecule has 196 valence electrons. The Morgan fingerprint density at radius 1 is 1.05 bits per heavy atom. The molecule has 38 heavy (non-hydrogen) atoms. The van der Waals surface area contributed by atoms with Crippen molar-refractivity contribution >= 4 is 37.5 Å². The first kappa shape index (κ1) is 27.1. The number of benzene rings is 3. The standard InChI is InChI=1S/C28H27N3O5S2/c1-5-16-31-23-17-24(35-3)25(36-4)18-26(23)37-28(31)29-27(32)21-12-14-22(15-13-21)38(33,34)30(6-2)19-20-10-8-7-9-11-20/h1,7-15,17-18H,6,16,19H2,2-4H3. The lowest BCUT2D eigenvalue weighted by Crippen LogP contribution is -2.30. The smallest absolute Gasteiger partial charge is 0.279 e. The lowest BCUT2D eigenvalue weighted by molar-refractivity contribution is 0.0997. The van der Waals surface area contributed by atoms with Gasteiger partial charge in [-0.2, -0.15) is 9.30 Å². The number of ether oxygens (including phenoxy) is 2. The molecule has 0 unspecified atom stereocenters. The molecule has 0 radical (unpaired) electrons. The summed E-state index contributed by atoms with van der Waals surface area (Å²) >= 11 is 1.29. The number of hydrogen-bond donors (Lipinski definition) is 0. The van der Waals surface area contributed by atoms with Crippen LogP contribution in [0.5, 0.6) is 11.5 Å². The number of sulfonamides is 1. The van der Waals surface area contributed by atoms with Crippen molar-refractivity contribution < 1.29 is 22.7 Å². The average molecular weight is 550 g/mol. The largest absolute Gasteiger partial charge is 0.493 e. The summed E-state index contributed by atoms with van der Waals surface area (Å²) in [5, 5.41) is 0. The number of hydrogen-bond acceptors (Lipinski definition) is 6. The molecule has 1 amide bonds. The van der Waals surface area contributed by atoms with E-state index in [0.717, 1.165) is 15.8 Å². The highest BCUT2D eigenvalue weighted by atomic mass is 32.2. The molecule has 0 atom stereocenters. The first-order chi connectivity index (χ1) is 18.3. The van der Waals surface area contributed by atoms with Crippen molar-refractivity contribution in [1.82, 2.24) is 8.87 Å². The predicted molar refractivity (Wildman–Crippen MR) is 148 cm³/mol. The van der Waals surface area contributed by atoms with Crippen LogP contribution in [0.4, 0.5) is 0 Å². The van der Waals surface area contributed by atoms with Gasteiger partial charge in [0.05, 0.1) is 35.9 Å². The Morgan fingerprint density at radius 2 is 1.71 bits per heavy atom. The Labute approximate surface area is 225 Å². The molecular weight excluding hydrogens is 522 g/mol. The number of rotatable bonds is 9. The van der Waals surface area contributed by atoms with Gasteiger partial charge in [0, 0.05) is 30.8 Å². The van der Waals surface area contributed by atoms with Crippen LogP contribution >= 0.6 is 11.3 Å². The topological polar surface area (TPSA) is 90.2 Å². The molecule has 0 saturated carbocycles. The maximum Gasteiger partial charge on any atom is 0.279 e. The van der Waals surface area contributed by atoms with Gasteiger partial charge in [-0.15, -0.1) is 6.42 Å². The number of carbonyl (C=O) groups excluding carboxylic acids is 1. The molecule has 1 aromatic heterocycles. The molecule has 0 N–H and O–H groups in total. The Kier molecular flexibility index (Phi) is 8.32. The van der Waals surface area contributed by atoms with Gasteiger partial charge in [-0.1, -0.05) is 54.5 Å². The molecular formula is C28H27N3O5S2. The molecule has 4 rings (SSSR count). The number of nitrogens with zero attached hydrogens (tertiary/aromatic N) is 3. The van der Waals surface area contributed by atoms with Gasteiger partial charge in [0.2, 0.25) is 10.0 Å². The van der Waals surface area contributed by atoms with Gasteiger partial charge in [-0.3, -0.25) is 4.79 Å². The molecule has 0 spiro atoms. The number of terminal acetylenes is 1. The van der Waals surface area contributed by atoms with E-state index in [4.69, 9.17) is 15.9 Å². The Hall–Kier alpha value is -3.91. The normalized spacial score (nSPS) is 12.0. The highest BCUT2D eigenvalue weighted by Crippen LogP contribution is 2.33. The fourth-order valence-corrected chi connectivity index (χ4v) is 6.42. The van der Waals surface area contributed by atoms with E-state index in [2.05, 4.69) is 10.9 Å². The third-order valence-electron chi connectivity index (χ3n) is 5.93. The third kappa shape index (κ3) is 5.50. The number of methoxy groups -OCH3 is 2. The Balaban J connectivity index is 1.65. The maximum absolute atomic E-state index is 13.2. The minimum Gasteiger partial charge on any atom is -0.493 e. The van der Waals surface area contributed by atoms with Gasteiger partial charge in [0.25, 0.3) is 5.91 Å². The summed E-state index contributed by atoms with van der Waals surface area (Å²) in [5.74, 6) is 3.17. The number of amides is 1. The van der Waals surface area contributed by atoms with E-state index in [1.165, 1.54) is 39.9 Å². The van der Waals surface area contributed by atoms with Gasteiger partial charge in [-0.05, 0) is 29.8 Å². The van der Waals surface area contributed by atoms with Crippen molar-refractivity contribution in [2.24, 2.45) is 4.99 Å². The van der Waals surface area contributed by atoms with Crippen LogP contribution in [0, 0.1) is 12.3 Å². The molecule has 0 bridgehead atoms. The number of fused-ring (bicyclic) bond motifs is 1. The lowest BCUT2D eigenvalue weighted by atomic mass is 10.2. The van der Waals surface area contributed by atoms with Crippen LogP contribution in [-0.4, -0.2) is 44.0 Å². The SMILES string of the molecule is C#CCn1c(=NC(=O)c2ccc(S(=O)(=O)N(CC)Cc3ccccc3)cc2)sc2cc(OC)c(OC)cc21. The second-order valence-corrected chi connectivity index (χ2v) is 11.2. The van der Waals surface area contributed by atoms with Crippen LogP contribution in [0.15, 0.2) is 76.6 Å². The van der Waals surface area contributed by atoms with Crippen LogP contribution in [0.25, 0.3) is 10.2 Å².